The number of carbonyl (C=O) groups excluding carboxylic acids is 2. The molecule has 23 heavy (non-hydrogen) atoms. The van der Waals surface area contributed by atoms with E-state index in [1.165, 1.54) is 6.92 Å². The quantitative estimate of drug-likeness (QED) is 0.673. The Morgan fingerprint density at radius 1 is 1.09 bits per heavy atom. The summed E-state index contributed by atoms with van der Waals surface area (Å²) < 4.78 is 0. The fourth-order valence-corrected chi connectivity index (χ4v) is 2.03. The number of rotatable bonds is 7. The van der Waals surface area contributed by atoms with Crippen LogP contribution in [0.25, 0.3) is 0 Å². The highest BCUT2D eigenvalue weighted by Gasteiger charge is 2.18. The van der Waals surface area contributed by atoms with Crippen LogP contribution >= 0.6 is 0 Å². The van der Waals surface area contributed by atoms with Gasteiger partial charge in [-0.1, -0.05) is 24.3 Å². The molecular formula is C17H20N4O2. The number of nitrogens with zero attached hydrogens (tertiary/aromatic N) is 1. The van der Waals surface area contributed by atoms with Crippen LogP contribution in [0.1, 0.15) is 12.6 Å². The monoisotopic (exact) mass is 312 g/mol. The number of carbonyl (C=O) groups is 2. The van der Waals surface area contributed by atoms with Gasteiger partial charge in [0.1, 0.15) is 0 Å². The maximum atomic E-state index is 12.3. The van der Waals surface area contributed by atoms with Crippen molar-refractivity contribution in [1.82, 2.24) is 15.6 Å². The van der Waals surface area contributed by atoms with Crippen molar-refractivity contribution >= 4 is 17.5 Å². The van der Waals surface area contributed by atoms with Crippen molar-refractivity contribution in [2.24, 2.45) is 0 Å². The molecule has 0 aliphatic carbocycles. The van der Waals surface area contributed by atoms with E-state index in [0.29, 0.717) is 13.0 Å². The Kier molecular flexibility index (Phi) is 6.11. The van der Waals surface area contributed by atoms with Gasteiger partial charge >= 0.3 is 0 Å². The van der Waals surface area contributed by atoms with Crippen LogP contribution in [-0.4, -0.2) is 29.5 Å². The van der Waals surface area contributed by atoms with Gasteiger partial charge in [-0.3, -0.25) is 14.6 Å². The van der Waals surface area contributed by atoms with Crippen molar-refractivity contribution in [2.75, 3.05) is 11.9 Å². The van der Waals surface area contributed by atoms with E-state index in [4.69, 9.17) is 0 Å². The van der Waals surface area contributed by atoms with Gasteiger partial charge in [0, 0.05) is 37.5 Å². The van der Waals surface area contributed by atoms with Gasteiger partial charge in [0.05, 0.1) is 0 Å². The number of hydrogen-bond donors (Lipinski definition) is 3. The van der Waals surface area contributed by atoms with Crippen LogP contribution in [0.5, 0.6) is 0 Å². The summed E-state index contributed by atoms with van der Waals surface area (Å²) in [4.78, 5) is 27.8. The van der Waals surface area contributed by atoms with E-state index in [9.17, 15) is 9.59 Å². The summed E-state index contributed by atoms with van der Waals surface area (Å²) in [7, 11) is 0. The van der Waals surface area contributed by atoms with Gasteiger partial charge in [0.2, 0.25) is 5.91 Å². The second-order valence-electron chi connectivity index (χ2n) is 5.01. The number of benzene rings is 1. The first-order chi connectivity index (χ1) is 11.1. The van der Waals surface area contributed by atoms with Gasteiger partial charge in [-0.2, -0.15) is 0 Å². The molecule has 0 spiro atoms. The third-order valence-corrected chi connectivity index (χ3v) is 3.10. The molecule has 0 aliphatic heterocycles. The molecule has 1 aromatic carbocycles. The van der Waals surface area contributed by atoms with Crippen LogP contribution in [0, 0.1) is 0 Å². The van der Waals surface area contributed by atoms with Gasteiger partial charge in [-0.25, -0.2) is 0 Å². The fourth-order valence-electron chi connectivity index (χ4n) is 2.03. The summed E-state index contributed by atoms with van der Waals surface area (Å²) >= 11 is 0. The second-order valence-corrected chi connectivity index (χ2v) is 5.01. The van der Waals surface area contributed by atoms with Gasteiger partial charge in [0.15, 0.2) is 6.17 Å². The second kappa shape index (κ2) is 8.53. The van der Waals surface area contributed by atoms with Crippen molar-refractivity contribution in [3.05, 3.63) is 60.4 Å². The molecule has 3 N–H and O–H groups in total. The Hall–Kier alpha value is -2.89. The van der Waals surface area contributed by atoms with Crippen LogP contribution in [-0.2, 0) is 16.0 Å². The van der Waals surface area contributed by atoms with E-state index in [2.05, 4.69) is 20.9 Å². The molecule has 120 valence electrons. The molecule has 1 atom stereocenters. The molecule has 6 heteroatoms. The van der Waals surface area contributed by atoms with E-state index >= 15 is 0 Å². The van der Waals surface area contributed by atoms with Crippen molar-refractivity contribution in [3.63, 3.8) is 0 Å². The normalized spacial score (nSPS) is 11.3. The van der Waals surface area contributed by atoms with E-state index in [-0.39, 0.29) is 11.8 Å². The predicted molar refractivity (Wildman–Crippen MR) is 88.6 cm³/mol. The first-order valence-electron chi connectivity index (χ1n) is 7.41. The number of amides is 2. The van der Waals surface area contributed by atoms with Gasteiger partial charge in [-0.05, 0) is 24.3 Å². The molecular weight excluding hydrogens is 292 g/mol. The Morgan fingerprint density at radius 3 is 2.48 bits per heavy atom. The summed E-state index contributed by atoms with van der Waals surface area (Å²) in [5.74, 6) is -0.571. The Balaban J connectivity index is 1.89. The predicted octanol–water partition coefficient (Wildman–Crippen LogP) is 1.31. The first-order valence-corrected chi connectivity index (χ1v) is 7.41. The fraction of sp³-hybridized carbons (Fsp3) is 0.235. The van der Waals surface area contributed by atoms with Crippen LogP contribution < -0.4 is 16.0 Å². The summed E-state index contributed by atoms with van der Waals surface area (Å²) in [6, 6.07) is 14.9. The topological polar surface area (TPSA) is 83.1 Å². The minimum Gasteiger partial charge on any atom is -0.358 e. The van der Waals surface area contributed by atoms with E-state index in [0.717, 1.165) is 11.4 Å². The largest absolute Gasteiger partial charge is 0.358 e. The minimum atomic E-state index is -0.821. The molecule has 0 fully saturated rings. The van der Waals surface area contributed by atoms with E-state index in [1.54, 1.807) is 6.20 Å². The number of anilines is 1. The lowest BCUT2D eigenvalue weighted by molar-refractivity contribution is -0.127. The molecule has 1 heterocycles. The summed E-state index contributed by atoms with van der Waals surface area (Å²) in [5.41, 5.74) is 1.66. The molecule has 2 rings (SSSR count). The Morgan fingerprint density at radius 2 is 1.83 bits per heavy atom. The maximum absolute atomic E-state index is 12.3. The Labute approximate surface area is 135 Å². The first kappa shape index (κ1) is 16.5. The number of hydrogen-bond acceptors (Lipinski definition) is 4. The molecule has 2 aromatic rings. The zero-order valence-electron chi connectivity index (χ0n) is 13.0. The number of pyridine rings is 1. The highest BCUT2D eigenvalue weighted by molar-refractivity contribution is 5.88. The highest BCUT2D eigenvalue weighted by Crippen LogP contribution is 2.06. The lowest BCUT2D eigenvalue weighted by atomic mass is 10.2. The van der Waals surface area contributed by atoms with Crippen molar-refractivity contribution in [2.45, 2.75) is 19.5 Å². The van der Waals surface area contributed by atoms with Gasteiger partial charge < -0.3 is 16.0 Å². The van der Waals surface area contributed by atoms with E-state index in [1.807, 2.05) is 48.5 Å². The van der Waals surface area contributed by atoms with Crippen molar-refractivity contribution in [1.29, 1.82) is 0 Å². The molecule has 1 unspecified atom stereocenters. The molecule has 0 saturated carbocycles. The number of para-hydroxylation sites is 1. The average molecular weight is 312 g/mol. The highest BCUT2D eigenvalue weighted by atomic mass is 16.2. The Bertz CT molecular complexity index is 632. The zero-order chi connectivity index (χ0) is 16.5. The SMILES string of the molecule is CC(=O)NC(Nc1ccccc1)C(=O)NCCc1ccccn1. The van der Waals surface area contributed by atoms with Gasteiger partial charge in [0.25, 0.3) is 5.91 Å². The third kappa shape index (κ3) is 5.78. The maximum Gasteiger partial charge on any atom is 0.263 e. The van der Waals surface area contributed by atoms with Crippen LogP contribution in [0.2, 0.25) is 0 Å². The minimum absolute atomic E-state index is 0.279. The molecule has 6 nitrogen and oxygen atoms in total. The average Bonchev–Trinajstić information content (AvgIpc) is 2.56. The van der Waals surface area contributed by atoms with Crippen molar-refractivity contribution < 1.29 is 9.59 Å². The molecule has 0 radical (unpaired) electrons. The molecule has 1 aromatic heterocycles. The zero-order valence-corrected chi connectivity index (χ0v) is 13.0. The van der Waals surface area contributed by atoms with Crippen LogP contribution in [0.4, 0.5) is 5.69 Å². The van der Waals surface area contributed by atoms with E-state index < -0.39 is 6.17 Å². The van der Waals surface area contributed by atoms with Gasteiger partial charge in [-0.15, -0.1) is 0 Å². The molecule has 0 saturated heterocycles. The molecule has 0 bridgehead atoms. The lowest BCUT2D eigenvalue weighted by Gasteiger charge is -2.20. The number of aromatic nitrogens is 1. The van der Waals surface area contributed by atoms with Crippen LogP contribution in [0.3, 0.4) is 0 Å². The van der Waals surface area contributed by atoms with Crippen LogP contribution in [0.15, 0.2) is 54.7 Å². The lowest BCUT2D eigenvalue weighted by Crippen LogP contribution is -2.51. The summed E-state index contributed by atoms with van der Waals surface area (Å²) in [6.07, 6.45) is 1.53. The molecule has 0 aliphatic rings. The summed E-state index contributed by atoms with van der Waals surface area (Å²) in [5, 5.41) is 8.40. The van der Waals surface area contributed by atoms with Crippen molar-refractivity contribution in [3.8, 4) is 0 Å². The summed E-state index contributed by atoms with van der Waals surface area (Å²) in [6.45, 7) is 1.82. The standard InChI is InChI=1S/C17H20N4O2/c1-13(22)20-16(21-15-8-3-2-4-9-15)17(23)19-12-10-14-7-5-6-11-18-14/h2-9,11,16,21H,10,12H2,1H3,(H,19,23)(H,20,22). The smallest absolute Gasteiger partial charge is 0.263 e. The third-order valence-electron chi connectivity index (χ3n) is 3.10. The molecule has 2 amide bonds. The number of nitrogens with one attached hydrogen (secondary N) is 3.